The van der Waals surface area contributed by atoms with Crippen LogP contribution in [0.3, 0.4) is 0 Å². The highest BCUT2D eigenvalue weighted by Crippen LogP contribution is 2.12. The predicted octanol–water partition coefficient (Wildman–Crippen LogP) is 2.97. The van der Waals surface area contributed by atoms with E-state index in [-0.39, 0.29) is 0 Å². The van der Waals surface area contributed by atoms with Gasteiger partial charge in [0.25, 0.3) is 0 Å². The normalized spacial score (nSPS) is 11.2. The monoisotopic (exact) mass is 324 g/mol. The Morgan fingerprint density at radius 1 is 1.00 bits per heavy atom. The highest BCUT2D eigenvalue weighted by molar-refractivity contribution is 5.79. The third-order valence-electron chi connectivity index (χ3n) is 3.92. The van der Waals surface area contributed by atoms with Crippen molar-refractivity contribution in [3.05, 3.63) is 65.2 Å². The molecule has 24 heavy (non-hydrogen) atoms. The van der Waals surface area contributed by atoms with Gasteiger partial charge in [-0.2, -0.15) is 0 Å². The summed E-state index contributed by atoms with van der Waals surface area (Å²) in [4.78, 5) is 6.39. The van der Waals surface area contributed by atoms with Crippen LogP contribution < -0.4 is 15.5 Å². The maximum Gasteiger partial charge on any atom is 0.191 e. The predicted molar refractivity (Wildman–Crippen MR) is 104 cm³/mol. The summed E-state index contributed by atoms with van der Waals surface area (Å²) in [5, 5.41) is 6.72. The Bertz CT molecular complexity index is 660. The van der Waals surface area contributed by atoms with Gasteiger partial charge in [0.05, 0.1) is 0 Å². The molecule has 2 N–H and O–H groups in total. The molecule has 4 heteroatoms. The molecule has 0 atom stereocenters. The van der Waals surface area contributed by atoms with Crippen LogP contribution in [-0.2, 0) is 13.0 Å². The second-order valence-electron chi connectivity index (χ2n) is 6.15. The SMILES string of the molecule is CN=C(NCCc1ccc(N(C)C)cc1)NCc1cccc(C)c1. The number of guanidine groups is 1. The van der Waals surface area contributed by atoms with E-state index in [9.17, 15) is 0 Å². The second-order valence-corrected chi connectivity index (χ2v) is 6.15. The number of aliphatic imine (C=N–C) groups is 1. The van der Waals surface area contributed by atoms with Gasteiger partial charge >= 0.3 is 0 Å². The molecule has 0 radical (unpaired) electrons. The van der Waals surface area contributed by atoms with E-state index >= 15 is 0 Å². The summed E-state index contributed by atoms with van der Waals surface area (Å²) in [6.07, 6.45) is 0.971. The summed E-state index contributed by atoms with van der Waals surface area (Å²) in [5.74, 6) is 0.835. The molecule has 0 saturated heterocycles. The first-order chi connectivity index (χ1) is 11.6. The molecule has 0 aliphatic heterocycles. The first kappa shape index (κ1) is 17.9. The molecular weight excluding hydrogens is 296 g/mol. The first-order valence-corrected chi connectivity index (χ1v) is 8.35. The van der Waals surface area contributed by atoms with Crippen LogP contribution in [0.2, 0.25) is 0 Å². The van der Waals surface area contributed by atoms with E-state index in [2.05, 4.69) is 90.1 Å². The van der Waals surface area contributed by atoms with Crippen LogP contribution in [0.4, 0.5) is 5.69 Å². The zero-order valence-corrected chi connectivity index (χ0v) is 15.1. The van der Waals surface area contributed by atoms with Gasteiger partial charge in [-0.3, -0.25) is 4.99 Å². The van der Waals surface area contributed by atoms with Gasteiger partial charge < -0.3 is 15.5 Å². The lowest BCUT2D eigenvalue weighted by Crippen LogP contribution is -2.37. The average Bonchev–Trinajstić information content (AvgIpc) is 2.58. The molecule has 2 aromatic rings. The maximum absolute atomic E-state index is 4.28. The van der Waals surface area contributed by atoms with Crippen LogP contribution >= 0.6 is 0 Å². The van der Waals surface area contributed by atoms with Gasteiger partial charge in [0.1, 0.15) is 0 Å². The van der Waals surface area contributed by atoms with Gasteiger partial charge in [-0.1, -0.05) is 42.0 Å². The lowest BCUT2D eigenvalue weighted by molar-refractivity contribution is 0.794. The van der Waals surface area contributed by atoms with Crippen LogP contribution in [-0.4, -0.2) is 33.6 Å². The number of benzene rings is 2. The van der Waals surface area contributed by atoms with Crippen molar-refractivity contribution < 1.29 is 0 Å². The quantitative estimate of drug-likeness (QED) is 0.634. The number of rotatable bonds is 6. The number of anilines is 1. The molecule has 0 spiro atoms. The lowest BCUT2D eigenvalue weighted by atomic mass is 10.1. The summed E-state index contributed by atoms with van der Waals surface area (Å²) in [6, 6.07) is 17.2. The molecule has 0 aromatic heterocycles. The largest absolute Gasteiger partial charge is 0.378 e. The standard InChI is InChI=1S/C20H28N4/c1-16-6-5-7-18(14-16)15-23-20(21-2)22-13-12-17-8-10-19(11-9-17)24(3)4/h5-11,14H,12-13,15H2,1-4H3,(H2,21,22,23). The van der Waals surface area contributed by atoms with E-state index in [4.69, 9.17) is 0 Å². The zero-order chi connectivity index (χ0) is 17.4. The van der Waals surface area contributed by atoms with Crippen molar-refractivity contribution >= 4 is 11.6 Å². The van der Waals surface area contributed by atoms with Gasteiger partial charge in [0, 0.05) is 39.9 Å². The fourth-order valence-electron chi connectivity index (χ4n) is 2.51. The maximum atomic E-state index is 4.28. The molecule has 0 amide bonds. The van der Waals surface area contributed by atoms with Crippen molar-refractivity contribution in [3.8, 4) is 0 Å². The first-order valence-electron chi connectivity index (χ1n) is 8.35. The van der Waals surface area contributed by atoms with Gasteiger partial charge in [0.15, 0.2) is 5.96 Å². The third kappa shape index (κ3) is 5.61. The van der Waals surface area contributed by atoms with E-state index in [0.29, 0.717) is 0 Å². The van der Waals surface area contributed by atoms with Gasteiger partial charge in [-0.05, 0) is 36.6 Å². The zero-order valence-electron chi connectivity index (χ0n) is 15.1. The molecule has 2 rings (SSSR count). The molecule has 0 bridgehead atoms. The summed E-state index contributed by atoms with van der Waals surface area (Å²) in [6.45, 7) is 3.74. The number of nitrogens with one attached hydrogen (secondary N) is 2. The summed E-state index contributed by atoms with van der Waals surface area (Å²) in [7, 11) is 5.92. The molecule has 0 unspecified atom stereocenters. The number of hydrogen-bond donors (Lipinski definition) is 2. The van der Waals surface area contributed by atoms with Crippen molar-refractivity contribution in [1.82, 2.24) is 10.6 Å². The Balaban J connectivity index is 1.77. The van der Waals surface area contributed by atoms with Crippen molar-refractivity contribution in [2.24, 2.45) is 4.99 Å². The molecule has 0 aliphatic rings. The van der Waals surface area contributed by atoms with E-state index in [1.807, 2.05) is 0 Å². The summed E-state index contributed by atoms with van der Waals surface area (Å²) >= 11 is 0. The molecule has 0 aliphatic carbocycles. The Morgan fingerprint density at radius 3 is 2.38 bits per heavy atom. The summed E-state index contributed by atoms with van der Waals surface area (Å²) in [5.41, 5.74) is 5.08. The van der Waals surface area contributed by atoms with Crippen LogP contribution in [0, 0.1) is 6.92 Å². The molecule has 2 aromatic carbocycles. The second kappa shape index (κ2) is 8.96. The Kier molecular flexibility index (Phi) is 6.67. The van der Waals surface area contributed by atoms with Crippen LogP contribution in [0.1, 0.15) is 16.7 Å². The fourth-order valence-corrected chi connectivity index (χ4v) is 2.51. The van der Waals surface area contributed by atoms with Crippen molar-refractivity contribution in [2.75, 3.05) is 32.6 Å². The Morgan fingerprint density at radius 2 is 1.75 bits per heavy atom. The minimum Gasteiger partial charge on any atom is -0.378 e. The van der Waals surface area contributed by atoms with Gasteiger partial charge in [-0.25, -0.2) is 0 Å². The Hall–Kier alpha value is -2.49. The number of hydrogen-bond acceptors (Lipinski definition) is 2. The summed E-state index contributed by atoms with van der Waals surface area (Å²) < 4.78 is 0. The molecule has 0 saturated carbocycles. The van der Waals surface area contributed by atoms with Crippen LogP contribution in [0.5, 0.6) is 0 Å². The third-order valence-corrected chi connectivity index (χ3v) is 3.92. The molecule has 4 nitrogen and oxygen atoms in total. The number of nitrogens with zero attached hydrogens (tertiary/aromatic N) is 2. The highest BCUT2D eigenvalue weighted by atomic mass is 15.2. The van der Waals surface area contributed by atoms with Gasteiger partial charge in [0.2, 0.25) is 0 Å². The highest BCUT2D eigenvalue weighted by Gasteiger charge is 2.00. The van der Waals surface area contributed by atoms with Gasteiger partial charge in [-0.15, -0.1) is 0 Å². The average molecular weight is 324 g/mol. The van der Waals surface area contributed by atoms with Crippen LogP contribution in [0.25, 0.3) is 0 Å². The minimum absolute atomic E-state index is 0.777. The number of aryl methyl sites for hydroxylation is 1. The van der Waals surface area contributed by atoms with Crippen molar-refractivity contribution in [3.63, 3.8) is 0 Å². The lowest BCUT2D eigenvalue weighted by Gasteiger charge is -2.14. The van der Waals surface area contributed by atoms with Crippen LogP contribution in [0.15, 0.2) is 53.5 Å². The smallest absolute Gasteiger partial charge is 0.191 e. The molecule has 0 fully saturated rings. The van der Waals surface area contributed by atoms with E-state index in [1.54, 1.807) is 7.05 Å². The van der Waals surface area contributed by atoms with Crippen molar-refractivity contribution in [2.45, 2.75) is 19.9 Å². The van der Waals surface area contributed by atoms with Crippen molar-refractivity contribution in [1.29, 1.82) is 0 Å². The van der Waals surface area contributed by atoms with E-state index < -0.39 is 0 Å². The Labute approximate surface area is 145 Å². The topological polar surface area (TPSA) is 39.7 Å². The van der Waals surface area contributed by atoms with E-state index in [0.717, 1.165) is 25.5 Å². The minimum atomic E-state index is 0.777. The van der Waals surface area contributed by atoms with E-state index in [1.165, 1.54) is 22.4 Å². The molecule has 0 heterocycles. The fraction of sp³-hybridized carbons (Fsp3) is 0.350. The molecular formula is C20H28N4. The molecule has 128 valence electrons.